The largest absolute Gasteiger partial charge is 0.309 e. The van der Waals surface area contributed by atoms with Crippen LogP contribution in [0.2, 0.25) is 0 Å². The number of rotatable bonds is 3. The maximum absolute atomic E-state index is 12.0. The summed E-state index contributed by atoms with van der Waals surface area (Å²) in [6.45, 7) is 0. The van der Waals surface area contributed by atoms with E-state index in [0.29, 0.717) is 12.2 Å². The van der Waals surface area contributed by atoms with Crippen molar-refractivity contribution in [3.63, 3.8) is 0 Å². The standard InChI is InChI=1S/C12H13N3O3S2/c16-12(8-3-5-20(17,18)7-8)13-11-6-9(14-15-11)10-2-1-4-19-10/h1-2,4,6,8H,3,5,7H2,(H2,13,14,15,16). The fourth-order valence-corrected chi connectivity index (χ4v) is 4.61. The molecular weight excluding hydrogens is 298 g/mol. The van der Waals surface area contributed by atoms with Crippen LogP contribution < -0.4 is 5.32 Å². The number of carbonyl (C=O) groups excluding carboxylic acids is 1. The molecule has 1 aliphatic rings. The Balaban J connectivity index is 1.68. The van der Waals surface area contributed by atoms with Crippen LogP contribution in [0.3, 0.4) is 0 Å². The summed E-state index contributed by atoms with van der Waals surface area (Å²) in [6, 6.07) is 5.63. The van der Waals surface area contributed by atoms with Gasteiger partial charge in [-0.1, -0.05) is 6.07 Å². The molecule has 2 N–H and O–H groups in total. The lowest BCUT2D eigenvalue weighted by Crippen LogP contribution is -2.23. The topological polar surface area (TPSA) is 91.9 Å². The third kappa shape index (κ3) is 2.75. The van der Waals surface area contributed by atoms with E-state index in [1.54, 1.807) is 17.4 Å². The SMILES string of the molecule is O=C(Nc1cc(-c2cccs2)[nH]n1)C1CCS(=O)(=O)C1. The molecule has 1 atom stereocenters. The number of thiophene rings is 1. The van der Waals surface area contributed by atoms with E-state index in [1.165, 1.54) is 0 Å². The summed E-state index contributed by atoms with van der Waals surface area (Å²) in [6.07, 6.45) is 0.385. The molecule has 2 aromatic heterocycles. The molecular formula is C12H13N3O3S2. The molecule has 0 saturated carbocycles. The number of nitrogens with zero attached hydrogens (tertiary/aromatic N) is 1. The van der Waals surface area contributed by atoms with Crippen LogP contribution in [-0.2, 0) is 14.6 Å². The minimum absolute atomic E-state index is 0.0684. The quantitative estimate of drug-likeness (QED) is 0.898. The smallest absolute Gasteiger partial charge is 0.229 e. The van der Waals surface area contributed by atoms with E-state index in [4.69, 9.17) is 0 Å². The van der Waals surface area contributed by atoms with Crippen molar-refractivity contribution in [2.45, 2.75) is 6.42 Å². The van der Waals surface area contributed by atoms with Crippen molar-refractivity contribution >= 4 is 32.9 Å². The number of anilines is 1. The van der Waals surface area contributed by atoms with E-state index >= 15 is 0 Å². The van der Waals surface area contributed by atoms with Crippen molar-refractivity contribution in [3.8, 4) is 10.6 Å². The molecule has 1 fully saturated rings. The van der Waals surface area contributed by atoms with Gasteiger partial charge in [-0.3, -0.25) is 9.89 Å². The van der Waals surface area contributed by atoms with Crippen LogP contribution in [0.25, 0.3) is 10.6 Å². The molecule has 1 unspecified atom stereocenters. The minimum Gasteiger partial charge on any atom is -0.309 e. The van der Waals surface area contributed by atoms with E-state index in [0.717, 1.165) is 10.6 Å². The summed E-state index contributed by atoms with van der Waals surface area (Å²) in [5.74, 6) is -0.312. The second kappa shape index (κ2) is 5.02. The Morgan fingerprint density at radius 3 is 3.00 bits per heavy atom. The van der Waals surface area contributed by atoms with E-state index in [2.05, 4.69) is 15.5 Å². The predicted octanol–water partition coefficient (Wildman–Crippen LogP) is 1.51. The summed E-state index contributed by atoms with van der Waals surface area (Å²) in [4.78, 5) is 13.0. The first-order chi connectivity index (χ1) is 9.53. The molecule has 3 heterocycles. The zero-order valence-corrected chi connectivity index (χ0v) is 12.1. The number of hydrogen-bond acceptors (Lipinski definition) is 5. The highest BCUT2D eigenvalue weighted by Gasteiger charge is 2.33. The third-order valence-electron chi connectivity index (χ3n) is 3.22. The number of aromatic nitrogens is 2. The highest BCUT2D eigenvalue weighted by molar-refractivity contribution is 7.91. The second-order valence-electron chi connectivity index (χ2n) is 4.73. The van der Waals surface area contributed by atoms with Crippen LogP contribution >= 0.6 is 11.3 Å². The van der Waals surface area contributed by atoms with Crippen molar-refractivity contribution in [1.29, 1.82) is 0 Å². The molecule has 0 aliphatic carbocycles. The maximum Gasteiger partial charge on any atom is 0.229 e. The summed E-state index contributed by atoms with van der Waals surface area (Å²) in [5, 5.41) is 11.5. The number of aromatic amines is 1. The van der Waals surface area contributed by atoms with Gasteiger partial charge in [0, 0.05) is 6.07 Å². The zero-order chi connectivity index (χ0) is 14.2. The lowest BCUT2D eigenvalue weighted by atomic mass is 10.1. The highest BCUT2D eigenvalue weighted by atomic mass is 32.2. The molecule has 1 saturated heterocycles. The third-order valence-corrected chi connectivity index (χ3v) is 5.89. The Morgan fingerprint density at radius 2 is 2.35 bits per heavy atom. The Hall–Kier alpha value is -1.67. The normalized spacial score (nSPS) is 20.9. The average Bonchev–Trinajstić information content (AvgIpc) is 3.07. The van der Waals surface area contributed by atoms with Gasteiger partial charge in [-0.05, 0) is 17.9 Å². The maximum atomic E-state index is 12.0. The lowest BCUT2D eigenvalue weighted by Gasteiger charge is -2.06. The molecule has 8 heteroatoms. The van der Waals surface area contributed by atoms with Crippen molar-refractivity contribution in [2.75, 3.05) is 16.8 Å². The van der Waals surface area contributed by atoms with Crippen molar-refractivity contribution in [1.82, 2.24) is 10.2 Å². The molecule has 6 nitrogen and oxygen atoms in total. The highest BCUT2D eigenvalue weighted by Crippen LogP contribution is 2.25. The molecule has 20 heavy (non-hydrogen) atoms. The molecule has 1 aliphatic heterocycles. The number of hydrogen-bond donors (Lipinski definition) is 2. The van der Waals surface area contributed by atoms with Gasteiger partial charge in [-0.15, -0.1) is 11.3 Å². The number of sulfone groups is 1. The van der Waals surface area contributed by atoms with Crippen molar-refractivity contribution in [3.05, 3.63) is 23.6 Å². The average molecular weight is 311 g/mol. The van der Waals surface area contributed by atoms with Crippen LogP contribution in [0.15, 0.2) is 23.6 Å². The molecule has 1 amide bonds. The van der Waals surface area contributed by atoms with E-state index < -0.39 is 15.8 Å². The van der Waals surface area contributed by atoms with Crippen LogP contribution in [-0.4, -0.2) is 36.0 Å². The first-order valence-corrected chi connectivity index (χ1v) is 8.84. The van der Waals surface area contributed by atoms with Gasteiger partial charge >= 0.3 is 0 Å². The van der Waals surface area contributed by atoms with Gasteiger partial charge in [0.2, 0.25) is 5.91 Å². The van der Waals surface area contributed by atoms with Crippen LogP contribution in [0.5, 0.6) is 0 Å². The summed E-state index contributed by atoms with van der Waals surface area (Å²) >= 11 is 1.57. The van der Waals surface area contributed by atoms with Gasteiger partial charge in [-0.2, -0.15) is 5.10 Å². The van der Waals surface area contributed by atoms with E-state index in [-0.39, 0.29) is 17.4 Å². The first-order valence-electron chi connectivity index (χ1n) is 6.14. The molecule has 0 aromatic carbocycles. The number of H-pyrrole nitrogens is 1. The summed E-state index contributed by atoms with van der Waals surface area (Å²) in [5.41, 5.74) is 0.828. The number of amides is 1. The van der Waals surface area contributed by atoms with Gasteiger partial charge in [0.1, 0.15) is 0 Å². The number of carbonyl (C=O) groups is 1. The zero-order valence-electron chi connectivity index (χ0n) is 10.5. The molecule has 0 radical (unpaired) electrons. The molecule has 0 bridgehead atoms. The van der Waals surface area contributed by atoms with Crippen molar-refractivity contribution < 1.29 is 13.2 Å². The first kappa shape index (κ1) is 13.3. The molecule has 3 rings (SSSR count). The summed E-state index contributed by atoms with van der Waals surface area (Å²) < 4.78 is 22.7. The van der Waals surface area contributed by atoms with Gasteiger partial charge in [0.05, 0.1) is 28.0 Å². The van der Waals surface area contributed by atoms with Crippen LogP contribution in [0.1, 0.15) is 6.42 Å². The van der Waals surface area contributed by atoms with Crippen LogP contribution in [0.4, 0.5) is 5.82 Å². The van der Waals surface area contributed by atoms with E-state index in [1.807, 2.05) is 17.5 Å². The minimum atomic E-state index is -3.05. The number of nitrogens with one attached hydrogen (secondary N) is 2. The van der Waals surface area contributed by atoms with Gasteiger partial charge in [-0.25, -0.2) is 8.42 Å². The van der Waals surface area contributed by atoms with Gasteiger partial charge in [0.25, 0.3) is 0 Å². The Labute approximate surface area is 120 Å². The Bertz CT molecular complexity index is 719. The lowest BCUT2D eigenvalue weighted by molar-refractivity contribution is -0.119. The molecule has 106 valence electrons. The molecule has 2 aromatic rings. The van der Waals surface area contributed by atoms with Gasteiger partial charge in [0.15, 0.2) is 15.7 Å². The van der Waals surface area contributed by atoms with Crippen molar-refractivity contribution in [2.24, 2.45) is 5.92 Å². The summed E-state index contributed by atoms with van der Waals surface area (Å²) in [7, 11) is -3.05. The van der Waals surface area contributed by atoms with Crippen LogP contribution in [0, 0.1) is 5.92 Å². The monoisotopic (exact) mass is 311 g/mol. The second-order valence-corrected chi connectivity index (χ2v) is 7.91. The fraction of sp³-hybridized carbons (Fsp3) is 0.333. The Kier molecular flexibility index (Phi) is 3.35. The Morgan fingerprint density at radius 1 is 1.50 bits per heavy atom. The van der Waals surface area contributed by atoms with E-state index in [9.17, 15) is 13.2 Å². The van der Waals surface area contributed by atoms with Gasteiger partial charge < -0.3 is 5.32 Å². The molecule has 0 spiro atoms. The fourth-order valence-electron chi connectivity index (χ4n) is 2.17. The predicted molar refractivity (Wildman–Crippen MR) is 77.3 cm³/mol.